The predicted octanol–water partition coefficient (Wildman–Crippen LogP) is -0.441. The minimum absolute atomic E-state index is 0.356. The van der Waals surface area contributed by atoms with Crippen LogP contribution < -0.4 is 0 Å². The van der Waals surface area contributed by atoms with Crippen molar-refractivity contribution in [2.24, 2.45) is 0 Å². The second kappa shape index (κ2) is 2.69. The Bertz CT molecular complexity index is 326. The zero-order valence-corrected chi connectivity index (χ0v) is 5.96. The van der Waals surface area contributed by atoms with Crippen LogP contribution in [0.2, 0.25) is 0 Å². The number of hydrogen-bond donors (Lipinski definition) is 2. The van der Waals surface area contributed by atoms with Gasteiger partial charge in [0.2, 0.25) is 5.78 Å². The number of aliphatic carboxylic acids is 1. The molecule has 0 bridgehead atoms. The smallest absolute Gasteiger partial charge is 0.339 e. The van der Waals surface area contributed by atoms with Crippen LogP contribution in [0.4, 0.5) is 0 Å². The van der Waals surface area contributed by atoms with E-state index in [0.29, 0.717) is 6.08 Å². The van der Waals surface area contributed by atoms with Crippen LogP contribution in [-0.4, -0.2) is 28.4 Å². The molecule has 5 heteroatoms. The molecule has 12 heavy (non-hydrogen) atoms. The topological polar surface area (TPSA) is 95.3 Å². The highest BCUT2D eigenvalue weighted by Crippen LogP contribution is 2.08. The molecule has 0 radical (unpaired) electrons. The molecule has 5 nitrogen and oxygen atoms in total. The Kier molecular flexibility index (Phi) is 1.86. The first kappa shape index (κ1) is 8.32. The molecule has 0 aromatic carbocycles. The maximum absolute atomic E-state index is 10.8. The van der Waals surface area contributed by atoms with Crippen LogP contribution in [0, 0.1) is 5.41 Å². The van der Waals surface area contributed by atoms with Gasteiger partial charge in [-0.25, -0.2) is 4.79 Å². The van der Waals surface area contributed by atoms with Crippen molar-refractivity contribution < 1.29 is 19.5 Å². The lowest BCUT2D eigenvalue weighted by Crippen LogP contribution is -2.26. The Balaban J connectivity index is 3.09. The van der Waals surface area contributed by atoms with Crippen molar-refractivity contribution in [3.05, 3.63) is 11.6 Å². The van der Waals surface area contributed by atoms with Crippen LogP contribution in [-0.2, 0) is 14.4 Å². The van der Waals surface area contributed by atoms with Crippen LogP contribution in [0.1, 0.15) is 6.42 Å². The molecule has 2 N–H and O–H groups in total. The van der Waals surface area contributed by atoms with Gasteiger partial charge < -0.3 is 10.5 Å². The van der Waals surface area contributed by atoms with E-state index in [2.05, 4.69) is 0 Å². The first-order chi connectivity index (χ1) is 5.52. The summed E-state index contributed by atoms with van der Waals surface area (Å²) in [6.45, 7) is 0. The number of allylic oxidation sites excluding steroid dienone is 1. The van der Waals surface area contributed by atoms with Crippen molar-refractivity contribution in [2.45, 2.75) is 6.42 Å². The lowest BCUT2D eigenvalue weighted by molar-refractivity contribution is -0.135. The minimum atomic E-state index is -1.42. The van der Waals surface area contributed by atoms with Gasteiger partial charge in [-0.05, 0) is 0 Å². The summed E-state index contributed by atoms with van der Waals surface area (Å²) in [5.41, 5.74) is -0.888. The maximum atomic E-state index is 10.8. The lowest BCUT2D eigenvalue weighted by atomic mass is 9.96. The molecule has 0 saturated heterocycles. The van der Waals surface area contributed by atoms with Gasteiger partial charge in [-0.2, -0.15) is 0 Å². The molecule has 62 valence electrons. The van der Waals surface area contributed by atoms with Crippen molar-refractivity contribution >= 4 is 23.2 Å². The summed E-state index contributed by atoms with van der Waals surface area (Å²) in [5.74, 6) is -2.81. The van der Waals surface area contributed by atoms with Gasteiger partial charge in [-0.1, -0.05) is 0 Å². The molecule has 1 rings (SSSR count). The Labute approximate surface area is 67.2 Å². The minimum Gasteiger partial charge on any atom is -0.478 e. The van der Waals surface area contributed by atoms with Crippen LogP contribution in [0.3, 0.4) is 0 Å². The van der Waals surface area contributed by atoms with Crippen molar-refractivity contribution in [1.29, 1.82) is 5.41 Å². The molecule has 0 spiro atoms. The Morgan fingerprint density at radius 1 is 1.50 bits per heavy atom. The van der Waals surface area contributed by atoms with Crippen molar-refractivity contribution in [3.63, 3.8) is 0 Å². The lowest BCUT2D eigenvalue weighted by Gasteiger charge is -2.06. The van der Waals surface area contributed by atoms with Gasteiger partial charge in [0.25, 0.3) is 0 Å². The zero-order valence-electron chi connectivity index (χ0n) is 5.96. The molecule has 0 aromatic rings. The molecule has 1 aliphatic carbocycles. The number of carboxylic acids is 1. The van der Waals surface area contributed by atoms with Gasteiger partial charge in [0, 0.05) is 6.08 Å². The number of hydrogen-bond acceptors (Lipinski definition) is 4. The number of nitrogens with one attached hydrogen (secondary N) is 1. The molecule has 0 aromatic heterocycles. The highest BCUT2D eigenvalue weighted by atomic mass is 16.4. The van der Waals surface area contributed by atoms with Gasteiger partial charge in [-0.3, -0.25) is 9.59 Å². The Morgan fingerprint density at radius 3 is 2.58 bits per heavy atom. The number of Topliss-reactive ketones (excluding diaryl/α,β-unsaturated/α-hetero) is 1. The molecule has 0 heterocycles. The highest BCUT2D eigenvalue weighted by Gasteiger charge is 2.27. The fourth-order valence-electron chi connectivity index (χ4n) is 0.823. The molecule has 0 unspecified atom stereocenters. The second-order valence-corrected chi connectivity index (χ2v) is 2.31. The summed E-state index contributed by atoms with van der Waals surface area (Å²) >= 11 is 0. The average molecular weight is 167 g/mol. The standard InChI is InChI=1S/C7H5NO4/c8-4-2-5(9)3(7(11)12)1-6(4)10/h1,8H,2H2,(H,11,12). The van der Waals surface area contributed by atoms with Crippen LogP contribution in [0.25, 0.3) is 0 Å². The quantitative estimate of drug-likeness (QED) is 0.517. The van der Waals surface area contributed by atoms with Gasteiger partial charge >= 0.3 is 5.97 Å². The fourth-order valence-corrected chi connectivity index (χ4v) is 0.823. The van der Waals surface area contributed by atoms with E-state index in [9.17, 15) is 14.4 Å². The summed E-state index contributed by atoms with van der Waals surface area (Å²) in [6.07, 6.45) is 0.285. The van der Waals surface area contributed by atoms with E-state index in [0.717, 1.165) is 0 Å². The van der Waals surface area contributed by atoms with Crippen molar-refractivity contribution in [3.8, 4) is 0 Å². The normalized spacial score (nSPS) is 17.7. The van der Waals surface area contributed by atoms with E-state index in [1.165, 1.54) is 0 Å². The third-order valence-corrected chi connectivity index (χ3v) is 1.44. The third kappa shape index (κ3) is 1.29. The zero-order chi connectivity index (χ0) is 9.30. The highest BCUT2D eigenvalue weighted by molar-refractivity contribution is 6.51. The van der Waals surface area contributed by atoms with Gasteiger partial charge in [0.05, 0.1) is 12.1 Å². The maximum Gasteiger partial charge on any atom is 0.339 e. The van der Waals surface area contributed by atoms with Gasteiger partial charge in [0.15, 0.2) is 5.78 Å². The van der Waals surface area contributed by atoms with E-state index in [-0.39, 0.29) is 5.71 Å². The Hall–Kier alpha value is -1.78. The predicted molar refractivity (Wildman–Crippen MR) is 38.1 cm³/mol. The fraction of sp³-hybridized carbons (Fsp3) is 0.143. The van der Waals surface area contributed by atoms with Crippen molar-refractivity contribution in [1.82, 2.24) is 0 Å². The van der Waals surface area contributed by atoms with Crippen LogP contribution in [0.15, 0.2) is 11.6 Å². The van der Waals surface area contributed by atoms with Crippen LogP contribution >= 0.6 is 0 Å². The Morgan fingerprint density at radius 2 is 2.08 bits per heavy atom. The van der Waals surface area contributed by atoms with E-state index >= 15 is 0 Å². The SMILES string of the molecule is N=C1CC(=O)C(C(=O)O)=CC1=O. The van der Waals surface area contributed by atoms with E-state index in [4.69, 9.17) is 10.5 Å². The average Bonchev–Trinajstić information content (AvgIpc) is 1.96. The van der Waals surface area contributed by atoms with Gasteiger partial charge in [-0.15, -0.1) is 0 Å². The van der Waals surface area contributed by atoms with E-state index in [1.54, 1.807) is 0 Å². The number of ketones is 2. The number of rotatable bonds is 1. The van der Waals surface area contributed by atoms with Gasteiger partial charge in [0.1, 0.15) is 5.57 Å². The number of carbonyl (C=O) groups is 3. The molecular weight excluding hydrogens is 162 g/mol. The van der Waals surface area contributed by atoms with Crippen LogP contribution in [0.5, 0.6) is 0 Å². The summed E-state index contributed by atoms with van der Waals surface area (Å²) in [4.78, 5) is 31.9. The summed E-state index contributed by atoms with van der Waals surface area (Å²) in [5, 5.41) is 15.3. The number of carboxylic acid groups (broad SMARTS) is 1. The van der Waals surface area contributed by atoms with E-state index < -0.39 is 29.5 Å². The summed E-state index contributed by atoms with van der Waals surface area (Å²) in [7, 11) is 0. The molecule has 0 amide bonds. The largest absolute Gasteiger partial charge is 0.478 e. The second-order valence-electron chi connectivity index (χ2n) is 2.31. The molecule has 1 aliphatic rings. The van der Waals surface area contributed by atoms with Crippen molar-refractivity contribution in [2.75, 3.05) is 0 Å². The molecule has 0 atom stereocenters. The molecule has 0 aliphatic heterocycles. The monoisotopic (exact) mass is 167 g/mol. The summed E-state index contributed by atoms with van der Waals surface area (Å²) < 4.78 is 0. The molecule has 0 fully saturated rings. The number of carbonyl (C=O) groups excluding carboxylic acids is 2. The molecule has 0 saturated carbocycles. The molecular formula is C7H5NO4. The van der Waals surface area contributed by atoms with E-state index in [1.807, 2.05) is 0 Å². The first-order valence-electron chi connectivity index (χ1n) is 3.12. The third-order valence-electron chi connectivity index (χ3n) is 1.44. The first-order valence-corrected chi connectivity index (χ1v) is 3.12. The summed E-state index contributed by atoms with van der Waals surface area (Å²) in [6, 6.07) is 0.